The molecule has 1 aromatic rings. The molecule has 0 atom stereocenters. The molecule has 0 fully saturated rings. The van der Waals surface area contributed by atoms with Crippen LogP contribution in [0.5, 0.6) is 5.75 Å². The molecule has 114 valence electrons. The number of anilines is 1. The second-order valence-corrected chi connectivity index (χ2v) is 4.31. The Balaban J connectivity index is 2.22. The molecule has 20 heavy (non-hydrogen) atoms. The van der Waals surface area contributed by atoms with Crippen LogP contribution >= 0.6 is 0 Å². The summed E-state index contributed by atoms with van der Waals surface area (Å²) < 4.78 is 21.5. The minimum atomic E-state index is 0.474. The fourth-order valence-electron chi connectivity index (χ4n) is 1.72. The van der Waals surface area contributed by atoms with Crippen LogP contribution in [0.15, 0.2) is 18.2 Å². The molecule has 0 amide bonds. The number of nitrogen functional groups attached to an aromatic ring is 1. The maximum Gasteiger partial charge on any atom is 0.124 e. The molecule has 0 radical (unpaired) electrons. The van der Waals surface area contributed by atoms with Gasteiger partial charge in [0.05, 0.1) is 26.4 Å². The van der Waals surface area contributed by atoms with Crippen molar-refractivity contribution in [2.75, 3.05) is 45.9 Å². The van der Waals surface area contributed by atoms with Crippen LogP contribution in [0.4, 0.5) is 5.69 Å². The maximum atomic E-state index is 5.77. The van der Waals surface area contributed by atoms with E-state index < -0.39 is 0 Å². The topological polar surface area (TPSA) is 62.9 Å². The molecule has 0 saturated carbocycles. The third-order valence-corrected chi connectivity index (χ3v) is 2.65. The first-order valence-electron chi connectivity index (χ1n) is 6.93. The van der Waals surface area contributed by atoms with E-state index in [1.54, 1.807) is 7.11 Å². The maximum absolute atomic E-state index is 5.77. The van der Waals surface area contributed by atoms with E-state index in [1.807, 2.05) is 25.1 Å². The van der Waals surface area contributed by atoms with Gasteiger partial charge in [0.15, 0.2) is 0 Å². The van der Waals surface area contributed by atoms with Gasteiger partial charge in [-0.3, -0.25) is 0 Å². The van der Waals surface area contributed by atoms with Gasteiger partial charge in [-0.05, 0) is 31.5 Å². The Hall–Kier alpha value is -1.30. The number of hydrogen-bond donors (Lipinski definition) is 1. The zero-order chi connectivity index (χ0) is 14.6. The normalized spacial score (nSPS) is 10.7. The first-order valence-corrected chi connectivity index (χ1v) is 6.93. The molecule has 0 saturated heterocycles. The highest BCUT2D eigenvalue weighted by Gasteiger charge is 2.04. The Morgan fingerprint density at radius 1 is 1.05 bits per heavy atom. The van der Waals surface area contributed by atoms with Gasteiger partial charge in [0.25, 0.3) is 0 Å². The largest absolute Gasteiger partial charge is 0.494 e. The fourth-order valence-corrected chi connectivity index (χ4v) is 1.72. The van der Waals surface area contributed by atoms with Crippen molar-refractivity contribution in [1.29, 1.82) is 0 Å². The highest BCUT2D eigenvalue weighted by molar-refractivity contribution is 5.47. The Morgan fingerprint density at radius 2 is 1.85 bits per heavy atom. The van der Waals surface area contributed by atoms with E-state index in [4.69, 9.17) is 24.7 Å². The van der Waals surface area contributed by atoms with Gasteiger partial charge in [-0.1, -0.05) is 0 Å². The lowest BCUT2D eigenvalue weighted by Gasteiger charge is -2.11. The van der Waals surface area contributed by atoms with Crippen molar-refractivity contribution in [3.63, 3.8) is 0 Å². The summed E-state index contributed by atoms with van der Waals surface area (Å²) in [4.78, 5) is 0. The molecule has 1 aromatic carbocycles. The minimum absolute atomic E-state index is 0.474. The molecular formula is C15H25NO4. The number of rotatable bonds is 11. The van der Waals surface area contributed by atoms with E-state index in [-0.39, 0.29) is 0 Å². The lowest BCUT2D eigenvalue weighted by molar-refractivity contribution is 0.0330. The van der Waals surface area contributed by atoms with Crippen molar-refractivity contribution in [2.24, 2.45) is 0 Å². The van der Waals surface area contributed by atoms with Crippen molar-refractivity contribution >= 4 is 5.69 Å². The van der Waals surface area contributed by atoms with Crippen LogP contribution in [0.2, 0.25) is 0 Å². The quantitative estimate of drug-likeness (QED) is 0.498. The summed E-state index contributed by atoms with van der Waals surface area (Å²) in [6, 6.07) is 5.58. The summed E-state index contributed by atoms with van der Waals surface area (Å²) in [6.07, 6.45) is 0.903. The second kappa shape index (κ2) is 10.5. The number of ether oxygens (including phenoxy) is 4. The van der Waals surface area contributed by atoms with Crippen LogP contribution < -0.4 is 10.5 Å². The van der Waals surface area contributed by atoms with Gasteiger partial charge >= 0.3 is 0 Å². The summed E-state index contributed by atoms with van der Waals surface area (Å²) in [5.41, 5.74) is 7.45. The van der Waals surface area contributed by atoms with Gasteiger partial charge in [0, 0.05) is 31.6 Å². The number of methoxy groups -OCH3 is 1. The van der Waals surface area contributed by atoms with Gasteiger partial charge < -0.3 is 24.7 Å². The SMILES string of the molecule is CCOc1ccc(N)cc1COCCOCCCOC. The summed E-state index contributed by atoms with van der Waals surface area (Å²) in [5.74, 6) is 0.822. The monoisotopic (exact) mass is 283 g/mol. The van der Waals surface area contributed by atoms with Crippen molar-refractivity contribution < 1.29 is 18.9 Å². The molecule has 2 N–H and O–H groups in total. The van der Waals surface area contributed by atoms with E-state index in [9.17, 15) is 0 Å². The van der Waals surface area contributed by atoms with Gasteiger partial charge in [0.1, 0.15) is 5.75 Å². The number of nitrogens with two attached hydrogens (primary N) is 1. The van der Waals surface area contributed by atoms with Crippen molar-refractivity contribution in [3.8, 4) is 5.75 Å². The summed E-state index contributed by atoms with van der Waals surface area (Å²) in [6.45, 7) is 5.60. The van der Waals surface area contributed by atoms with Crippen LogP contribution in [0.25, 0.3) is 0 Å². The fraction of sp³-hybridized carbons (Fsp3) is 0.600. The van der Waals surface area contributed by atoms with Crippen molar-refractivity contribution in [1.82, 2.24) is 0 Å². The Labute approximate surface area is 121 Å². The molecule has 5 nitrogen and oxygen atoms in total. The van der Waals surface area contributed by atoms with Gasteiger partial charge in [-0.25, -0.2) is 0 Å². The average Bonchev–Trinajstić information content (AvgIpc) is 2.44. The molecule has 0 aliphatic rings. The molecular weight excluding hydrogens is 258 g/mol. The molecule has 0 spiro atoms. The van der Waals surface area contributed by atoms with Crippen LogP contribution in [-0.4, -0.2) is 40.1 Å². The number of hydrogen-bond acceptors (Lipinski definition) is 5. The predicted octanol–water partition coefficient (Wildman–Crippen LogP) is 2.24. The lowest BCUT2D eigenvalue weighted by atomic mass is 10.2. The van der Waals surface area contributed by atoms with Gasteiger partial charge in [0.2, 0.25) is 0 Å². The standard InChI is InChI=1S/C15H25NO4/c1-3-20-15-6-5-14(16)11-13(15)12-19-10-9-18-8-4-7-17-2/h5-6,11H,3-4,7-10,12,16H2,1-2H3. The molecule has 0 aromatic heterocycles. The first kappa shape index (κ1) is 16.8. The third-order valence-electron chi connectivity index (χ3n) is 2.65. The van der Waals surface area contributed by atoms with Crippen molar-refractivity contribution in [3.05, 3.63) is 23.8 Å². The van der Waals surface area contributed by atoms with E-state index in [2.05, 4.69) is 0 Å². The molecule has 0 aliphatic carbocycles. The summed E-state index contributed by atoms with van der Waals surface area (Å²) >= 11 is 0. The zero-order valence-electron chi connectivity index (χ0n) is 12.4. The molecule has 0 heterocycles. The predicted molar refractivity (Wildman–Crippen MR) is 79.0 cm³/mol. The first-order chi connectivity index (χ1) is 9.77. The summed E-state index contributed by atoms with van der Waals surface area (Å²) in [7, 11) is 1.69. The van der Waals surface area contributed by atoms with Crippen LogP contribution in [0.3, 0.4) is 0 Å². The van der Waals surface area contributed by atoms with E-state index in [0.29, 0.717) is 38.7 Å². The Bertz CT molecular complexity index is 371. The van der Waals surface area contributed by atoms with Crippen LogP contribution in [-0.2, 0) is 20.8 Å². The Morgan fingerprint density at radius 3 is 2.60 bits per heavy atom. The molecule has 1 rings (SSSR count). The smallest absolute Gasteiger partial charge is 0.124 e. The number of benzene rings is 1. The van der Waals surface area contributed by atoms with E-state index >= 15 is 0 Å². The van der Waals surface area contributed by atoms with Gasteiger partial charge in [-0.15, -0.1) is 0 Å². The van der Waals surface area contributed by atoms with Crippen LogP contribution in [0, 0.1) is 0 Å². The molecule has 5 heteroatoms. The minimum Gasteiger partial charge on any atom is -0.494 e. The van der Waals surface area contributed by atoms with Crippen LogP contribution in [0.1, 0.15) is 18.9 Å². The van der Waals surface area contributed by atoms with E-state index in [0.717, 1.165) is 24.3 Å². The highest BCUT2D eigenvalue weighted by Crippen LogP contribution is 2.22. The van der Waals surface area contributed by atoms with E-state index in [1.165, 1.54) is 0 Å². The molecule has 0 aliphatic heterocycles. The molecule has 0 bridgehead atoms. The highest BCUT2D eigenvalue weighted by atomic mass is 16.5. The Kier molecular flexibility index (Phi) is 8.78. The van der Waals surface area contributed by atoms with Gasteiger partial charge in [-0.2, -0.15) is 0 Å². The second-order valence-electron chi connectivity index (χ2n) is 4.31. The third kappa shape index (κ3) is 6.75. The lowest BCUT2D eigenvalue weighted by Crippen LogP contribution is -2.07. The summed E-state index contributed by atoms with van der Waals surface area (Å²) in [5, 5.41) is 0. The molecule has 0 unspecified atom stereocenters. The average molecular weight is 283 g/mol. The van der Waals surface area contributed by atoms with Crippen molar-refractivity contribution in [2.45, 2.75) is 20.0 Å². The zero-order valence-corrected chi connectivity index (χ0v) is 12.4.